The molecule has 0 aromatic carbocycles. The molecule has 0 unspecified atom stereocenters. The number of rotatable bonds is 8. The molecule has 0 spiro atoms. The van der Waals surface area contributed by atoms with Crippen molar-refractivity contribution in [2.45, 2.75) is 51.9 Å². The minimum atomic E-state index is -1.31. The molecular formula is C11H20O6. The highest BCUT2D eigenvalue weighted by molar-refractivity contribution is 5.88. The van der Waals surface area contributed by atoms with Crippen LogP contribution in [0.2, 0.25) is 0 Å². The fraction of sp³-hybridized carbons (Fsp3) is 0.727. The normalized spacial score (nSPS) is 9.00. The molecule has 0 aromatic rings. The van der Waals surface area contributed by atoms with Crippen LogP contribution >= 0.6 is 0 Å². The standard InChI is InChI=1S/C8H16O2.C3H4O4/c1-2-3-4-5-6-7-8(9)10;4-2(5)1-3(6)7/h2-7H2,1H3,(H,9,10);1H2,(H,4,5)(H,6,7). The van der Waals surface area contributed by atoms with E-state index in [1.54, 1.807) is 0 Å². The summed E-state index contributed by atoms with van der Waals surface area (Å²) in [5, 5.41) is 23.7. The van der Waals surface area contributed by atoms with Gasteiger partial charge in [0.05, 0.1) is 0 Å². The predicted molar refractivity (Wildman–Crippen MR) is 60.9 cm³/mol. The SMILES string of the molecule is CCCCCCCC(=O)O.O=C(O)CC(=O)O. The Hall–Kier alpha value is -1.59. The lowest BCUT2D eigenvalue weighted by molar-refractivity contribution is -0.147. The van der Waals surface area contributed by atoms with Gasteiger partial charge in [-0.25, -0.2) is 0 Å². The van der Waals surface area contributed by atoms with Crippen LogP contribution in [-0.4, -0.2) is 33.2 Å². The van der Waals surface area contributed by atoms with Gasteiger partial charge >= 0.3 is 17.9 Å². The third kappa shape index (κ3) is 25.1. The molecule has 0 aliphatic heterocycles. The smallest absolute Gasteiger partial charge is 0.314 e. The molecule has 0 atom stereocenters. The highest BCUT2D eigenvalue weighted by atomic mass is 16.4. The number of carboxylic acid groups (broad SMARTS) is 3. The highest BCUT2D eigenvalue weighted by Crippen LogP contribution is 2.04. The molecule has 0 saturated heterocycles. The van der Waals surface area contributed by atoms with E-state index in [1.807, 2.05) is 0 Å². The Morgan fingerprint density at radius 3 is 1.53 bits per heavy atom. The van der Waals surface area contributed by atoms with Gasteiger partial charge in [0.2, 0.25) is 0 Å². The summed E-state index contributed by atoms with van der Waals surface area (Å²) in [5.41, 5.74) is 0. The van der Waals surface area contributed by atoms with Crippen LogP contribution in [0, 0.1) is 0 Å². The number of carboxylic acids is 3. The molecule has 0 fully saturated rings. The van der Waals surface area contributed by atoms with E-state index in [2.05, 4.69) is 6.92 Å². The zero-order chi connectivity index (χ0) is 13.7. The molecule has 0 bridgehead atoms. The van der Waals surface area contributed by atoms with Crippen LogP contribution in [0.15, 0.2) is 0 Å². The van der Waals surface area contributed by atoms with Gasteiger partial charge in [0, 0.05) is 6.42 Å². The predicted octanol–water partition coefficient (Wildman–Crippen LogP) is 1.98. The number of carbonyl (C=O) groups is 3. The molecule has 17 heavy (non-hydrogen) atoms. The van der Waals surface area contributed by atoms with Crippen LogP contribution in [0.4, 0.5) is 0 Å². The van der Waals surface area contributed by atoms with Crippen molar-refractivity contribution in [3.8, 4) is 0 Å². The first-order valence-electron chi connectivity index (χ1n) is 5.55. The molecule has 6 nitrogen and oxygen atoms in total. The highest BCUT2D eigenvalue weighted by Gasteiger charge is 2.01. The van der Waals surface area contributed by atoms with Crippen LogP contribution in [0.5, 0.6) is 0 Å². The van der Waals surface area contributed by atoms with Crippen molar-refractivity contribution >= 4 is 17.9 Å². The second kappa shape index (κ2) is 12.5. The van der Waals surface area contributed by atoms with Gasteiger partial charge in [0.25, 0.3) is 0 Å². The van der Waals surface area contributed by atoms with Crippen molar-refractivity contribution in [1.82, 2.24) is 0 Å². The lowest BCUT2D eigenvalue weighted by atomic mass is 10.1. The van der Waals surface area contributed by atoms with E-state index in [0.717, 1.165) is 12.8 Å². The molecule has 0 amide bonds. The van der Waals surface area contributed by atoms with Gasteiger partial charge < -0.3 is 15.3 Å². The Morgan fingerprint density at radius 1 is 0.765 bits per heavy atom. The molecule has 100 valence electrons. The molecule has 0 aromatic heterocycles. The monoisotopic (exact) mass is 248 g/mol. The lowest BCUT2D eigenvalue weighted by Crippen LogP contribution is -2.03. The third-order valence-corrected chi connectivity index (χ3v) is 1.80. The Labute approximate surface area is 100 Å². The lowest BCUT2D eigenvalue weighted by Gasteiger charge is -1.95. The van der Waals surface area contributed by atoms with Gasteiger partial charge in [-0.2, -0.15) is 0 Å². The number of unbranched alkanes of at least 4 members (excludes halogenated alkanes) is 4. The van der Waals surface area contributed by atoms with E-state index in [-0.39, 0.29) is 0 Å². The second-order valence-corrected chi connectivity index (χ2v) is 3.52. The summed E-state index contributed by atoms with van der Waals surface area (Å²) in [6.45, 7) is 2.15. The molecular weight excluding hydrogens is 228 g/mol. The average molecular weight is 248 g/mol. The third-order valence-electron chi connectivity index (χ3n) is 1.80. The molecule has 0 aliphatic carbocycles. The molecule has 0 aliphatic rings. The minimum Gasteiger partial charge on any atom is -0.481 e. The van der Waals surface area contributed by atoms with Crippen LogP contribution in [0.25, 0.3) is 0 Å². The zero-order valence-electron chi connectivity index (χ0n) is 10.0. The van der Waals surface area contributed by atoms with Crippen LogP contribution in [-0.2, 0) is 14.4 Å². The summed E-state index contributed by atoms with van der Waals surface area (Å²) in [5.74, 6) is -3.29. The summed E-state index contributed by atoms with van der Waals surface area (Å²) in [6.07, 6.45) is 5.08. The first kappa shape index (κ1) is 17.8. The van der Waals surface area contributed by atoms with Crippen molar-refractivity contribution in [2.75, 3.05) is 0 Å². The second-order valence-electron chi connectivity index (χ2n) is 3.52. The summed E-state index contributed by atoms with van der Waals surface area (Å²) < 4.78 is 0. The molecule has 0 rings (SSSR count). The van der Waals surface area contributed by atoms with Gasteiger partial charge in [-0.15, -0.1) is 0 Å². The number of aliphatic carboxylic acids is 3. The Balaban J connectivity index is 0. The number of hydrogen-bond donors (Lipinski definition) is 3. The first-order chi connectivity index (χ1) is 7.90. The van der Waals surface area contributed by atoms with E-state index in [1.165, 1.54) is 19.3 Å². The van der Waals surface area contributed by atoms with Gasteiger partial charge in [0.15, 0.2) is 0 Å². The quantitative estimate of drug-likeness (QED) is 0.447. The van der Waals surface area contributed by atoms with Crippen LogP contribution < -0.4 is 0 Å². The fourth-order valence-corrected chi connectivity index (χ4v) is 1.01. The maximum atomic E-state index is 10.0. The van der Waals surface area contributed by atoms with Gasteiger partial charge in [-0.3, -0.25) is 14.4 Å². The Kier molecular flexibility index (Phi) is 13.1. The Morgan fingerprint density at radius 2 is 1.24 bits per heavy atom. The maximum absolute atomic E-state index is 10.0. The van der Waals surface area contributed by atoms with E-state index in [4.69, 9.17) is 15.3 Å². The topological polar surface area (TPSA) is 112 Å². The average Bonchev–Trinajstić information content (AvgIpc) is 2.15. The Bertz CT molecular complexity index is 224. The van der Waals surface area contributed by atoms with Gasteiger partial charge in [0.1, 0.15) is 6.42 Å². The molecule has 3 N–H and O–H groups in total. The van der Waals surface area contributed by atoms with Crippen molar-refractivity contribution in [2.24, 2.45) is 0 Å². The van der Waals surface area contributed by atoms with Crippen LogP contribution in [0.1, 0.15) is 51.9 Å². The van der Waals surface area contributed by atoms with Crippen molar-refractivity contribution in [3.63, 3.8) is 0 Å². The molecule has 6 heteroatoms. The summed E-state index contributed by atoms with van der Waals surface area (Å²) in [6, 6.07) is 0. The maximum Gasteiger partial charge on any atom is 0.314 e. The van der Waals surface area contributed by atoms with E-state index in [0.29, 0.717) is 6.42 Å². The molecule has 0 heterocycles. The summed E-state index contributed by atoms with van der Waals surface area (Å²) in [4.78, 5) is 28.9. The van der Waals surface area contributed by atoms with Crippen LogP contribution in [0.3, 0.4) is 0 Å². The van der Waals surface area contributed by atoms with E-state index < -0.39 is 24.3 Å². The first-order valence-corrected chi connectivity index (χ1v) is 5.55. The van der Waals surface area contributed by atoms with Crippen molar-refractivity contribution < 1.29 is 29.7 Å². The minimum absolute atomic E-state index is 0.337. The zero-order valence-corrected chi connectivity index (χ0v) is 10.0. The van der Waals surface area contributed by atoms with E-state index >= 15 is 0 Å². The van der Waals surface area contributed by atoms with Gasteiger partial charge in [-0.1, -0.05) is 32.6 Å². The molecule has 0 saturated carbocycles. The number of hydrogen-bond acceptors (Lipinski definition) is 3. The fourth-order valence-electron chi connectivity index (χ4n) is 1.01. The summed E-state index contributed by atoms with van der Waals surface area (Å²) in [7, 11) is 0. The molecule has 0 radical (unpaired) electrons. The van der Waals surface area contributed by atoms with Crippen molar-refractivity contribution in [1.29, 1.82) is 0 Å². The summed E-state index contributed by atoms with van der Waals surface area (Å²) >= 11 is 0. The van der Waals surface area contributed by atoms with E-state index in [9.17, 15) is 14.4 Å². The van der Waals surface area contributed by atoms with Gasteiger partial charge in [-0.05, 0) is 6.42 Å². The largest absolute Gasteiger partial charge is 0.481 e. The van der Waals surface area contributed by atoms with Crippen molar-refractivity contribution in [3.05, 3.63) is 0 Å².